The number of nitrogens with zero attached hydrogens (tertiary/aromatic N) is 1. The summed E-state index contributed by atoms with van der Waals surface area (Å²) in [7, 11) is 1.61. The number of piperidine rings is 1. The molecular weight excluding hydrogens is 232 g/mol. The Kier molecular flexibility index (Phi) is 5.13. The predicted octanol–water partition coefficient (Wildman–Crippen LogP) is 0.374. The highest BCUT2D eigenvalue weighted by atomic mass is 16.5. The fourth-order valence-corrected chi connectivity index (χ4v) is 2.06. The third kappa shape index (κ3) is 4.23. The number of ether oxygens (including phenoxy) is 1. The summed E-state index contributed by atoms with van der Waals surface area (Å²) in [6.07, 6.45) is 1.36. The van der Waals surface area contributed by atoms with Gasteiger partial charge in [0.25, 0.3) is 5.91 Å². The predicted molar refractivity (Wildman–Crippen MR) is 70.4 cm³/mol. The highest BCUT2D eigenvalue weighted by molar-refractivity contribution is 5.86. The molecule has 0 aromatic rings. The summed E-state index contributed by atoms with van der Waals surface area (Å²) >= 11 is 0. The molecule has 1 unspecified atom stereocenters. The van der Waals surface area contributed by atoms with Gasteiger partial charge in [0.1, 0.15) is 0 Å². The zero-order valence-electron chi connectivity index (χ0n) is 12.0. The minimum Gasteiger partial charge on any atom is -0.383 e. The molecule has 1 aliphatic heterocycles. The van der Waals surface area contributed by atoms with Crippen LogP contribution in [0.1, 0.15) is 33.6 Å². The Morgan fingerprint density at radius 2 is 2.17 bits per heavy atom. The van der Waals surface area contributed by atoms with Crippen LogP contribution in [0, 0.1) is 0 Å². The van der Waals surface area contributed by atoms with Crippen molar-refractivity contribution in [2.75, 3.05) is 33.4 Å². The zero-order valence-corrected chi connectivity index (χ0v) is 12.0. The minimum absolute atomic E-state index is 0.106. The number of hydrogen-bond donors (Lipinski definition) is 2. The van der Waals surface area contributed by atoms with Gasteiger partial charge in [-0.25, -0.2) is 0 Å². The number of amides is 1. The molecule has 1 aliphatic rings. The molecule has 5 nitrogen and oxygen atoms in total. The fraction of sp³-hybridized carbons (Fsp3) is 0.923. The second-order valence-electron chi connectivity index (χ2n) is 6.02. The van der Waals surface area contributed by atoms with Gasteiger partial charge in [-0.3, -0.25) is 4.79 Å². The molecule has 0 aromatic heterocycles. The molecule has 1 fully saturated rings. The number of carbonyl (C=O) groups excluding carboxylic acids is 1. The first kappa shape index (κ1) is 15.4. The van der Waals surface area contributed by atoms with Crippen LogP contribution < -0.4 is 5.32 Å². The lowest BCUT2D eigenvalue weighted by atomic mass is 9.90. The summed E-state index contributed by atoms with van der Waals surface area (Å²) in [6.45, 7) is 8.13. The van der Waals surface area contributed by atoms with E-state index in [9.17, 15) is 9.90 Å². The fourth-order valence-electron chi connectivity index (χ4n) is 2.06. The van der Waals surface area contributed by atoms with Crippen molar-refractivity contribution in [2.24, 2.45) is 0 Å². The number of nitrogens with one attached hydrogen (secondary N) is 1. The SMILES string of the molecule is COCCN1CCCC(O)(CNC(C)(C)C)C1=O. The summed E-state index contributed by atoms with van der Waals surface area (Å²) < 4.78 is 4.98. The van der Waals surface area contributed by atoms with E-state index >= 15 is 0 Å². The maximum Gasteiger partial charge on any atom is 0.255 e. The molecule has 2 N–H and O–H groups in total. The first-order valence-corrected chi connectivity index (χ1v) is 6.54. The Morgan fingerprint density at radius 3 is 2.72 bits per heavy atom. The average molecular weight is 258 g/mol. The van der Waals surface area contributed by atoms with E-state index in [0.717, 1.165) is 6.42 Å². The van der Waals surface area contributed by atoms with Crippen LogP contribution in [0.5, 0.6) is 0 Å². The molecule has 1 saturated heterocycles. The summed E-state index contributed by atoms with van der Waals surface area (Å²) in [5, 5.41) is 13.7. The quantitative estimate of drug-likeness (QED) is 0.748. The molecule has 0 radical (unpaired) electrons. The van der Waals surface area contributed by atoms with Gasteiger partial charge in [-0.2, -0.15) is 0 Å². The van der Waals surface area contributed by atoms with Crippen molar-refractivity contribution in [3.05, 3.63) is 0 Å². The van der Waals surface area contributed by atoms with Crippen LogP contribution in [0.2, 0.25) is 0 Å². The van der Waals surface area contributed by atoms with Gasteiger partial charge in [0.05, 0.1) is 6.61 Å². The Hall–Kier alpha value is -0.650. The largest absolute Gasteiger partial charge is 0.383 e. The topological polar surface area (TPSA) is 61.8 Å². The molecule has 5 heteroatoms. The zero-order chi connectivity index (χ0) is 13.8. The number of rotatable bonds is 5. The van der Waals surface area contributed by atoms with Crippen molar-refractivity contribution < 1.29 is 14.6 Å². The Labute approximate surface area is 109 Å². The number of methoxy groups -OCH3 is 1. The van der Waals surface area contributed by atoms with E-state index in [2.05, 4.69) is 5.32 Å². The van der Waals surface area contributed by atoms with Gasteiger partial charge in [0.15, 0.2) is 5.60 Å². The normalized spacial score (nSPS) is 25.6. The standard InChI is InChI=1S/C13H26N2O3/c1-12(2,3)14-10-13(17)6-5-7-15(11(13)16)8-9-18-4/h14,17H,5-10H2,1-4H3. The smallest absolute Gasteiger partial charge is 0.255 e. The second kappa shape index (κ2) is 5.99. The lowest BCUT2D eigenvalue weighted by Crippen LogP contribution is -2.60. The Bertz CT molecular complexity index is 288. The van der Waals surface area contributed by atoms with Crippen LogP contribution >= 0.6 is 0 Å². The number of β-amino-alcohol motifs (C(OH)–C–C–N with tert-alkyl or cyclic N) is 1. The second-order valence-corrected chi connectivity index (χ2v) is 6.02. The minimum atomic E-state index is -1.26. The number of carbonyl (C=O) groups is 1. The molecule has 1 heterocycles. The molecule has 1 amide bonds. The van der Waals surface area contributed by atoms with Crippen molar-refractivity contribution in [3.63, 3.8) is 0 Å². The van der Waals surface area contributed by atoms with Crippen molar-refractivity contribution >= 4 is 5.91 Å². The third-order valence-corrected chi connectivity index (χ3v) is 3.18. The van der Waals surface area contributed by atoms with Crippen LogP contribution in [0.3, 0.4) is 0 Å². The molecule has 0 saturated carbocycles. The Morgan fingerprint density at radius 1 is 1.50 bits per heavy atom. The average Bonchev–Trinajstić information content (AvgIpc) is 2.28. The van der Waals surface area contributed by atoms with Crippen LogP contribution in [-0.2, 0) is 9.53 Å². The molecule has 1 atom stereocenters. The molecule has 106 valence electrons. The maximum absolute atomic E-state index is 12.3. The van der Waals surface area contributed by atoms with Crippen LogP contribution in [0.4, 0.5) is 0 Å². The lowest BCUT2D eigenvalue weighted by Gasteiger charge is -2.39. The Balaban J connectivity index is 2.60. The maximum atomic E-state index is 12.3. The first-order valence-electron chi connectivity index (χ1n) is 6.54. The van der Waals surface area contributed by atoms with E-state index in [4.69, 9.17) is 4.74 Å². The summed E-state index contributed by atoms with van der Waals surface area (Å²) in [5.41, 5.74) is -1.37. The number of likely N-dealkylation sites (tertiary alicyclic amines) is 1. The van der Waals surface area contributed by atoms with Crippen LogP contribution in [-0.4, -0.2) is 60.4 Å². The van der Waals surface area contributed by atoms with Gasteiger partial charge in [-0.05, 0) is 33.6 Å². The van der Waals surface area contributed by atoms with Gasteiger partial charge in [0, 0.05) is 32.3 Å². The summed E-state index contributed by atoms with van der Waals surface area (Å²) in [5.74, 6) is -0.178. The molecule has 0 aromatic carbocycles. The van der Waals surface area contributed by atoms with E-state index in [-0.39, 0.29) is 11.4 Å². The molecule has 0 aliphatic carbocycles. The van der Waals surface area contributed by atoms with Crippen LogP contribution in [0.25, 0.3) is 0 Å². The van der Waals surface area contributed by atoms with E-state index in [1.807, 2.05) is 20.8 Å². The van der Waals surface area contributed by atoms with Crippen molar-refractivity contribution in [3.8, 4) is 0 Å². The van der Waals surface area contributed by atoms with Crippen molar-refractivity contribution in [1.29, 1.82) is 0 Å². The first-order chi connectivity index (χ1) is 8.28. The van der Waals surface area contributed by atoms with Gasteiger partial charge in [-0.15, -0.1) is 0 Å². The number of hydrogen-bond acceptors (Lipinski definition) is 4. The van der Waals surface area contributed by atoms with Gasteiger partial charge >= 0.3 is 0 Å². The lowest BCUT2D eigenvalue weighted by molar-refractivity contribution is -0.157. The monoisotopic (exact) mass is 258 g/mol. The highest BCUT2D eigenvalue weighted by Gasteiger charge is 2.42. The molecular formula is C13H26N2O3. The van der Waals surface area contributed by atoms with E-state index in [1.165, 1.54) is 0 Å². The summed E-state index contributed by atoms with van der Waals surface area (Å²) in [6, 6.07) is 0. The van der Waals surface area contributed by atoms with E-state index in [1.54, 1.807) is 12.0 Å². The number of aliphatic hydroxyl groups is 1. The van der Waals surface area contributed by atoms with E-state index < -0.39 is 5.60 Å². The molecule has 0 spiro atoms. The van der Waals surface area contributed by atoms with Crippen LogP contribution in [0.15, 0.2) is 0 Å². The third-order valence-electron chi connectivity index (χ3n) is 3.18. The summed E-state index contributed by atoms with van der Waals surface area (Å²) in [4.78, 5) is 13.9. The van der Waals surface area contributed by atoms with Gasteiger partial charge in [0.2, 0.25) is 0 Å². The van der Waals surface area contributed by atoms with E-state index in [0.29, 0.717) is 32.7 Å². The van der Waals surface area contributed by atoms with Gasteiger partial charge < -0.3 is 20.1 Å². The molecule has 18 heavy (non-hydrogen) atoms. The highest BCUT2D eigenvalue weighted by Crippen LogP contribution is 2.22. The molecule has 0 bridgehead atoms. The van der Waals surface area contributed by atoms with Gasteiger partial charge in [-0.1, -0.05) is 0 Å². The molecule has 1 rings (SSSR count). The van der Waals surface area contributed by atoms with Crippen molar-refractivity contribution in [1.82, 2.24) is 10.2 Å². The van der Waals surface area contributed by atoms with Crippen molar-refractivity contribution in [2.45, 2.75) is 44.8 Å².